The summed E-state index contributed by atoms with van der Waals surface area (Å²) in [4.78, 5) is 13.8. The van der Waals surface area contributed by atoms with E-state index >= 15 is 0 Å². The van der Waals surface area contributed by atoms with Gasteiger partial charge in [0.15, 0.2) is 0 Å². The predicted molar refractivity (Wildman–Crippen MR) is 66.5 cm³/mol. The number of likely N-dealkylation sites (tertiary alicyclic amines) is 1. The van der Waals surface area contributed by atoms with Crippen LogP contribution in [0.1, 0.15) is 18.9 Å². The van der Waals surface area contributed by atoms with E-state index in [0.717, 1.165) is 19.4 Å². The van der Waals surface area contributed by atoms with Crippen molar-refractivity contribution in [1.29, 1.82) is 0 Å². The number of thiophene rings is 1. The van der Waals surface area contributed by atoms with Crippen LogP contribution in [0, 0.1) is 0 Å². The molecule has 0 spiro atoms. The number of amides is 1. The normalized spacial score (nSPS) is 23.5. The SMILES string of the molecule is CC(Cc1ccsc1)N1CCC(Br)C1=O. The number of alkyl halides is 1. The Morgan fingerprint density at radius 2 is 2.53 bits per heavy atom. The molecule has 2 rings (SSSR count). The Morgan fingerprint density at radius 1 is 1.73 bits per heavy atom. The molecular formula is C11H14BrNOS. The lowest BCUT2D eigenvalue weighted by molar-refractivity contribution is -0.128. The highest BCUT2D eigenvalue weighted by Crippen LogP contribution is 2.22. The summed E-state index contributed by atoms with van der Waals surface area (Å²) in [5.41, 5.74) is 1.33. The van der Waals surface area contributed by atoms with E-state index < -0.39 is 0 Å². The first-order valence-corrected chi connectivity index (χ1v) is 7.00. The van der Waals surface area contributed by atoms with Gasteiger partial charge in [0.1, 0.15) is 0 Å². The van der Waals surface area contributed by atoms with Crippen LogP contribution in [-0.2, 0) is 11.2 Å². The number of hydrogen-bond donors (Lipinski definition) is 0. The molecule has 82 valence electrons. The number of carbonyl (C=O) groups excluding carboxylic acids is 1. The average Bonchev–Trinajstić information content (AvgIpc) is 2.79. The summed E-state index contributed by atoms with van der Waals surface area (Å²) in [6.45, 7) is 3.01. The molecule has 15 heavy (non-hydrogen) atoms. The Kier molecular flexibility index (Phi) is 3.46. The summed E-state index contributed by atoms with van der Waals surface area (Å²) in [6.07, 6.45) is 1.90. The first-order chi connectivity index (χ1) is 7.18. The molecule has 2 unspecified atom stereocenters. The first-order valence-electron chi connectivity index (χ1n) is 5.14. The van der Waals surface area contributed by atoms with E-state index in [0.29, 0.717) is 6.04 Å². The van der Waals surface area contributed by atoms with E-state index in [1.807, 2.05) is 4.90 Å². The van der Waals surface area contributed by atoms with Crippen LogP contribution >= 0.6 is 27.3 Å². The minimum atomic E-state index is 0.0439. The van der Waals surface area contributed by atoms with Crippen LogP contribution in [0.3, 0.4) is 0 Å². The van der Waals surface area contributed by atoms with Crippen molar-refractivity contribution in [2.24, 2.45) is 0 Å². The van der Waals surface area contributed by atoms with Gasteiger partial charge in [-0.2, -0.15) is 11.3 Å². The maximum absolute atomic E-state index is 11.8. The van der Waals surface area contributed by atoms with Gasteiger partial charge in [-0.05, 0) is 42.2 Å². The maximum atomic E-state index is 11.8. The predicted octanol–water partition coefficient (Wildman–Crippen LogP) is 2.67. The molecule has 2 atom stereocenters. The van der Waals surface area contributed by atoms with E-state index in [1.54, 1.807) is 11.3 Å². The Balaban J connectivity index is 1.97. The van der Waals surface area contributed by atoms with Crippen LogP contribution in [0.4, 0.5) is 0 Å². The third-order valence-electron chi connectivity index (χ3n) is 2.82. The lowest BCUT2D eigenvalue weighted by Crippen LogP contribution is -2.37. The lowest BCUT2D eigenvalue weighted by atomic mass is 10.1. The largest absolute Gasteiger partial charge is 0.339 e. The number of halogens is 1. The van der Waals surface area contributed by atoms with Crippen molar-refractivity contribution in [1.82, 2.24) is 4.90 Å². The molecule has 1 aromatic rings. The number of carbonyl (C=O) groups is 1. The monoisotopic (exact) mass is 287 g/mol. The van der Waals surface area contributed by atoms with Crippen molar-refractivity contribution < 1.29 is 4.79 Å². The van der Waals surface area contributed by atoms with Gasteiger partial charge in [-0.3, -0.25) is 4.79 Å². The summed E-state index contributed by atoms with van der Waals surface area (Å²) in [7, 11) is 0. The molecule has 1 aromatic heterocycles. The van der Waals surface area contributed by atoms with Gasteiger partial charge >= 0.3 is 0 Å². The summed E-state index contributed by atoms with van der Waals surface area (Å²) in [5.74, 6) is 0.248. The average molecular weight is 288 g/mol. The van der Waals surface area contributed by atoms with Gasteiger partial charge in [0.05, 0.1) is 4.83 Å². The van der Waals surface area contributed by atoms with E-state index in [1.165, 1.54) is 5.56 Å². The molecule has 1 saturated heterocycles. The van der Waals surface area contributed by atoms with Crippen molar-refractivity contribution in [3.63, 3.8) is 0 Å². The highest BCUT2D eigenvalue weighted by molar-refractivity contribution is 9.10. The van der Waals surface area contributed by atoms with Crippen molar-refractivity contribution in [3.8, 4) is 0 Å². The lowest BCUT2D eigenvalue weighted by Gasteiger charge is -2.24. The number of hydrogen-bond acceptors (Lipinski definition) is 2. The van der Waals surface area contributed by atoms with Crippen molar-refractivity contribution >= 4 is 33.2 Å². The molecule has 1 aliphatic rings. The summed E-state index contributed by atoms with van der Waals surface area (Å²) < 4.78 is 0. The van der Waals surface area contributed by atoms with Gasteiger partial charge in [-0.1, -0.05) is 15.9 Å². The van der Waals surface area contributed by atoms with Crippen LogP contribution in [-0.4, -0.2) is 28.2 Å². The molecule has 0 radical (unpaired) electrons. The van der Waals surface area contributed by atoms with Crippen molar-refractivity contribution in [3.05, 3.63) is 22.4 Å². The van der Waals surface area contributed by atoms with Crippen molar-refractivity contribution in [2.75, 3.05) is 6.54 Å². The van der Waals surface area contributed by atoms with Crippen LogP contribution < -0.4 is 0 Å². The van der Waals surface area contributed by atoms with Crippen LogP contribution in [0.2, 0.25) is 0 Å². The summed E-state index contributed by atoms with van der Waals surface area (Å²) >= 11 is 5.11. The second-order valence-corrected chi connectivity index (χ2v) is 5.86. The van der Waals surface area contributed by atoms with Gasteiger partial charge in [-0.25, -0.2) is 0 Å². The topological polar surface area (TPSA) is 20.3 Å². The molecule has 0 bridgehead atoms. The van der Waals surface area contributed by atoms with Gasteiger partial charge in [0.2, 0.25) is 5.91 Å². The molecule has 4 heteroatoms. The smallest absolute Gasteiger partial charge is 0.236 e. The van der Waals surface area contributed by atoms with Crippen molar-refractivity contribution in [2.45, 2.75) is 30.6 Å². The summed E-state index contributed by atoms with van der Waals surface area (Å²) in [5, 5.41) is 4.24. The van der Waals surface area contributed by atoms with Crippen LogP contribution in [0.15, 0.2) is 16.8 Å². The molecule has 2 nitrogen and oxygen atoms in total. The molecule has 0 aromatic carbocycles. The molecule has 0 saturated carbocycles. The molecule has 1 amide bonds. The molecular weight excluding hydrogens is 274 g/mol. The Labute approximate surface area is 102 Å². The zero-order chi connectivity index (χ0) is 10.8. The zero-order valence-corrected chi connectivity index (χ0v) is 11.1. The Bertz CT molecular complexity index is 338. The van der Waals surface area contributed by atoms with Gasteiger partial charge < -0.3 is 4.90 Å². The highest BCUT2D eigenvalue weighted by atomic mass is 79.9. The Morgan fingerprint density at radius 3 is 3.07 bits per heavy atom. The minimum absolute atomic E-state index is 0.0439. The second-order valence-electron chi connectivity index (χ2n) is 3.97. The third kappa shape index (κ3) is 2.42. The molecule has 1 fully saturated rings. The standard InChI is InChI=1S/C11H14BrNOS/c1-8(6-9-3-5-15-7-9)13-4-2-10(12)11(13)14/h3,5,7-8,10H,2,4,6H2,1H3. The molecule has 2 heterocycles. The fourth-order valence-corrected chi connectivity index (χ4v) is 3.11. The molecule has 0 N–H and O–H groups in total. The quantitative estimate of drug-likeness (QED) is 0.783. The van der Waals surface area contributed by atoms with E-state index in [9.17, 15) is 4.79 Å². The highest BCUT2D eigenvalue weighted by Gasteiger charge is 2.32. The van der Waals surface area contributed by atoms with Crippen LogP contribution in [0.25, 0.3) is 0 Å². The fourth-order valence-electron chi connectivity index (χ4n) is 1.96. The minimum Gasteiger partial charge on any atom is -0.339 e. The molecule has 0 aliphatic carbocycles. The van der Waals surface area contributed by atoms with Gasteiger partial charge in [0, 0.05) is 12.6 Å². The maximum Gasteiger partial charge on any atom is 0.236 e. The second kappa shape index (κ2) is 4.66. The van der Waals surface area contributed by atoms with Gasteiger partial charge in [0.25, 0.3) is 0 Å². The first kappa shape index (κ1) is 11.1. The number of nitrogens with zero attached hydrogens (tertiary/aromatic N) is 1. The van der Waals surface area contributed by atoms with E-state index in [4.69, 9.17) is 0 Å². The fraction of sp³-hybridized carbons (Fsp3) is 0.545. The van der Waals surface area contributed by atoms with E-state index in [-0.39, 0.29) is 10.7 Å². The van der Waals surface area contributed by atoms with Gasteiger partial charge in [-0.15, -0.1) is 0 Å². The third-order valence-corrected chi connectivity index (χ3v) is 4.40. The van der Waals surface area contributed by atoms with Crippen LogP contribution in [0.5, 0.6) is 0 Å². The zero-order valence-electron chi connectivity index (χ0n) is 8.65. The Hall–Kier alpha value is -0.350. The molecule has 1 aliphatic heterocycles. The number of rotatable bonds is 3. The summed E-state index contributed by atoms with van der Waals surface area (Å²) in [6, 6.07) is 2.45. The van der Waals surface area contributed by atoms with E-state index in [2.05, 4.69) is 39.7 Å².